The van der Waals surface area contributed by atoms with E-state index in [4.69, 9.17) is 11.6 Å². The Labute approximate surface area is 125 Å². The molecule has 5 heteroatoms. The van der Waals surface area contributed by atoms with Gasteiger partial charge in [0.05, 0.1) is 5.02 Å². The van der Waals surface area contributed by atoms with Crippen molar-refractivity contribution in [1.29, 1.82) is 0 Å². The van der Waals surface area contributed by atoms with Crippen molar-refractivity contribution in [3.05, 3.63) is 44.0 Å². The summed E-state index contributed by atoms with van der Waals surface area (Å²) in [6.45, 7) is 2.50. The van der Waals surface area contributed by atoms with E-state index < -0.39 is 0 Å². The summed E-state index contributed by atoms with van der Waals surface area (Å²) in [5.74, 6) is -0.0518. The molecule has 1 amide bonds. The van der Waals surface area contributed by atoms with Crippen LogP contribution in [0, 0.1) is 3.57 Å². The van der Waals surface area contributed by atoms with Gasteiger partial charge in [-0.1, -0.05) is 23.3 Å². The fourth-order valence-corrected chi connectivity index (χ4v) is 2.40. The average Bonchev–Trinajstić information content (AvgIpc) is 2.40. The Balaban J connectivity index is 1.95. The van der Waals surface area contributed by atoms with Crippen molar-refractivity contribution >= 4 is 40.1 Å². The fourth-order valence-electron chi connectivity index (χ4n) is 1.76. The summed E-state index contributed by atoms with van der Waals surface area (Å²) in [5.41, 5.74) is 1.93. The molecule has 3 nitrogen and oxygen atoms in total. The normalized spacial score (nSPS) is 15.1. The van der Waals surface area contributed by atoms with Crippen LogP contribution < -0.4 is 10.6 Å². The summed E-state index contributed by atoms with van der Waals surface area (Å²) < 4.78 is 0.892. The Morgan fingerprint density at radius 3 is 3.00 bits per heavy atom. The molecule has 0 atom stereocenters. The smallest absolute Gasteiger partial charge is 0.251 e. The summed E-state index contributed by atoms with van der Waals surface area (Å²) >= 11 is 8.05. The van der Waals surface area contributed by atoms with E-state index in [0.29, 0.717) is 17.1 Å². The van der Waals surface area contributed by atoms with E-state index >= 15 is 0 Å². The zero-order valence-electron chi connectivity index (χ0n) is 9.80. The lowest BCUT2D eigenvalue weighted by Crippen LogP contribution is -2.29. The second-order valence-corrected chi connectivity index (χ2v) is 5.70. The molecule has 0 radical (unpaired) electrons. The predicted octanol–water partition coefficient (Wildman–Crippen LogP) is 2.59. The fraction of sp³-hybridized carbons (Fsp3) is 0.308. The van der Waals surface area contributed by atoms with Gasteiger partial charge < -0.3 is 10.6 Å². The lowest BCUT2D eigenvalue weighted by Gasteiger charge is -2.14. The summed E-state index contributed by atoms with van der Waals surface area (Å²) in [7, 11) is 0. The second kappa shape index (κ2) is 6.54. The Morgan fingerprint density at radius 2 is 2.33 bits per heavy atom. The maximum absolute atomic E-state index is 12.0. The van der Waals surface area contributed by atoms with Crippen LogP contribution >= 0.6 is 34.2 Å². The highest BCUT2D eigenvalue weighted by atomic mass is 127. The Kier molecular flexibility index (Phi) is 5.03. The largest absolute Gasteiger partial charge is 0.348 e. The number of rotatable bonds is 3. The van der Waals surface area contributed by atoms with E-state index in [1.807, 2.05) is 0 Å². The molecule has 0 aromatic heterocycles. The molecule has 1 heterocycles. The topological polar surface area (TPSA) is 41.1 Å². The van der Waals surface area contributed by atoms with E-state index in [-0.39, 0.29) is 5.91 Å². The van der Waals surface area contributed by atoms with Crippen molar-refractivity contribution in [3.8, 4) is 0 Å². The van der Waals surface area contributed by atoms with Crippen molar-refractivity contribution in [2.75, 3.05) is 19.6 Å². The molecule has 1 aliphatic rings. The van der Waals surface area contributed by atoms with Gasteiger partial charge in [-0.25, -0.2) is 0 Å². The van der Waals surface area contributed by atoms with E-state index in [1.165, 1.54) is 5.57 Å². The Morgan fingerprint density at radius 1 is 1.50 bits per heavy atom. The number of carbonyl (C=O) groups excluding carboxylic acids is 1. The van der Waals surface area contributed by atoms with Crippen molar-refractivity contribution < 1.29 is 4.79 Å². The van der Waals surface area contributed by atoms with Crippen LogP contribution in [0.1, 0.15) is 16.8 Å². The number of halogens is 2. The van der Waals surface area contributed by atoms with Gasteiger partial charge >= 0.3 is 0 Å². The second-order valence-electron chi connectivity index (χ2n) is 4.13. The molecule has 0 saturated heterocycles. The van der Waals surface area contributed by atoms with Gasteiger partial charge in [0.1, 0.15) is 0 Å². The Bertz CT molecular complexity index is 488. The first-order valence-corrected chi connectivity index (χ1v) is 7.24. The molecule has 1 aromatic carbocycles. The molecule has 0 saturated carbocycles. The van der Waals surface area contributed by atoms with Crippen LogP contribution in [0.2, 0.25) is 5.02 Å². The molecule has 0 bridgehead atoms. The van der Waals surface area contributed by atoms with Crippen LogP contribution in [0.25, 0.3) is 0 Å². The first-order valence-electron chi connectivity index (χ1n) is 5.78. The van der Waals surface area contributed by atoms with Gasteiger partial charge in [-0.05, 0) is 53.8 Å². The standard InChI is InChI=1S/C13H14ClIN2O/c14-11-2-1-10(7-12(11)15)13(18)17-8-9-3-5-16-6-4-9/h1-3,7,16H,4-6,8H2,(H,17,18). The number of amides is 1. The third kappa shape index (κ3) is 3.70. The summed E-state index contributed by atoms with van der Waals surface area (Å²) in [5, 5.41) is 6.85. The van der Waals surface area contributed by atoms with Gasteiger partial charge in [0.25, 0.3) is 5.91 Å². The highest BCUT2D eigenvalue weighted by molar-refractivity contribution is 14.1. The van der Waals surface area contributed by atoms with Crippen molar-refractivity contribution in [1.82, 2.24) is 10.6 Å². The van der Waals surface area contributed by atoms with Crippen LogP contribution in [0.4, 0.5) is 0 Å². The molecule has 2 N–H and O–H groups in total. The maximum Gasteiger partial charge on any atom is 0.251 e. The first kappa shape index (κ1) is 13.8. The molecule has 2 rings (SSSR count). The van der Waals surface area contributed by atoms with Crippen LogP contribution in [0.5, 0.6) is 0 Å². The number of benzene rings is 1. The number of carbonyl (C=O) groups is 1. The predicted molar refractivity (Wildman–Crippen MR) is 82.1 cm³/mol. The summed E-state index contributed by atoms with van der Waals surface area (Å²) in [4.78, 5) is 12.0. The number of hydrogen-bond donors (Lipinski definition) is 2. The van der Waals surface area contributed by atoms with Gasteiger partial charge in [0.15, 0.2) is 0 Å². The van der Waals surface area contributed by atoms with Gasteiger partial charge in [-0.2, -0.15) is 0 Å². The van der Waals surface area contributed by atoms with Gasteiger partial charge in [-0.15, -0.1) is 0 Å². The van der Waals surface area contributed by atoms with E-state index in [1.54, 1.807) is 18.2 Å². The third-order valence-electron chi connectivity index (χ3n) is 2.82. The van der Waals surface area contributed by atoms with Crippen LogP contribution in [0.15, 0.2) is 29.8 Å². The first-order chi connectivity index (χ1) is 8.66. The average molecular weight is 377 g/mol. The molecular formula is C13H14ClIN2O. The van der Waals surface area contributed by atoms with Gasteiger partial charge in [-0.3, -0.25) is 4.79 Å². The zero-order chi connectivity index (χ0) is 13.0. The minimum atomic E-state index is -0.0518. The summed E-state index contributed by atoms with van der Waals surface area (Å²) in [6, 6.07) is 5.30. The van der Waals surface area contributed by atoms with E-state index in [2.05, 4.69) is 39.3 Å². The lowest BCUT2D eigenvalue weighted by molar-refractivity contribution is 0.0956. The number of hydrogen-bond acceptors (Lipinski definition) is 2. The minimum absolute atomic E-state index is 0.0518. The molecular weight excluding hydrogens is 363 g/mol. The maximum atomic E-state index is 12.0. The summed E-state index contributed by atoms with van der Waals surface area (Å²) in [6.07, 6.45) is 3.13. The van der Waals surface area contributed by atoms with Gasteiger partial charge in [0, 0.05) is 22.2 Å². The molecule has 0 spiro atoms. The quantitative estimate of drug-likeness (QED) is 0.629. The van der Waals surface area contributed by atoms with Crippen LogP contribution in [-0.2, 0) is 0 Å². The van der Waals surface area contributed by atoms with Crippen molar-refractivity contribution in [3.63, 3.8) is 0 Å². The molecule has 1 aromatic rings. The van der Waals surface area contributed by atoms with E-state index in [9.17, 15) is 4.79 Å². The van der Waals surface area contributed by atoms with Crippen molar-refractivity contribution in [2.45, 2.75) is 6.42 Å². The molecule has 0 aliphatic carbocycles. The molecule has 18 heavy (non-hydrogen) atoms. The lowest BCUT2D eigenvalue weighted by atomic mass is 10.1. The molecule has 96 valence electrons. The third-order valence-corrected chi connectivity index (χ3v) is 4.36. The Hall–Kier alpha value is -0.590. The molecule has 0 fully saturated rings. The SMILES string of the molecule is O=C(NCC1=CCNCC1)c1ccc(Cl)c(I)c1. The zero-order valence-corrected chi connectivity index (χ0v) is 12.7. The van der Waals surface area contributed by atoms with Crippen LogP contribution in [0.3, 0.4) is 0 Å². The monoisotopic (exact) mass is 376 g/mol. The highest BCUT2D eigenvalue weighted by Gasteiger charge is 2.09. The van der Waals surface area contributed by atoms with E-state index in [0.717, 1.165) is 23.1 Å². The van der Waals surface area contributed by atoms with Crippen LogP contribution in [-0.4, -0.2) is 25.5 Å². The minimum Gasteiger partial charge on any atom is -0.348 e. The van der Waals surface area contributed by atoms with Gasteiger partial charge in [0.2, 0.25) is 0 Å². The highest BCUT2D eigenvalue weighted by Crippen LogP contribution is 2.19. The van der Waals surface area contributed by atoms with Crippen molar-refractivity contribution in [2.24, 2.45) is 0 Å². The molecule has 1 aliphatic heterocycles. The number of nitrogens with one attached hydrogen (secondary N) is 2. The molecule has 0 unspecified atom stereocenters.